The van der Waals surface area contributed by atoms with Crippen LogP contribution in [0.2, 0.25) is 0 Å². The van der Waals surface area contributed by atoms with Crippen molar-refractivity contribution >= 4 is 5.78 Å². The Kier molecular flexibility index (Phi) is 5.71. The molecule has 0 saturated heterocycles. The van der Waals surface area contributed by atoms with Crippen molar-refractivity contribution in [2.45, 2.75) is 90.2 Å². The summed E-state index contributed by atoms with van der Waals surface area (Å²) in [5.74, 6) is 2.33. The van der Waals surface area contributed by atoms with E-state index in [1.165, 1.54) is 6.20 Å². The average molecular weight is 456 g/mol. The van der Waals surface area contributed by atoms with Crippen molar-refractivity contribution in [3.63, 3.8) is 0 Å². The second-order valence-corrected chi connectivity index (χ2v) is 12.2. The summed E-state index contributed by atoms with van der Waals surface area (Å²) in [6.45, 7) is 4.28. The second kappa shape index (κ2) is 8.18. The molecule has 0 aromatic carbocycles. The summed E-state index contributed by atoms with van der Waals surface area (Å²) in [4.78, 5) is 13.4. The molecule has 0 aliphatic heterocycles. The lowest BCUT2D eigenvalue weighted by atomic mass is 9.42. The Morgan fingerprint density at radius 2 is 2.03 bits per heavy atom. The zero-order valence-corrected chi connectivity index (χ0v) is 20.1. The van der Waals surface area contributed by atoms with Gasteiger partial charge >= 0.3 is 0 Å². The predicted molar refractivity (Wildman–Crippen MR) is 123 cm³/mol. The van der Waals surface area contributed by atoms with Gasteiger partial charge in [0, 0.05) is 12.1 Å². The smallest absolute Gasteiger partial charge is 0.157 e. The van der Waals surface area contributed by atoms with E-state index in [2.05, 4.69) is 18.1 Å². The number of Topliss-reactive ketones (excluding diaryl/α,β-unsaturated/α-hetero) is 1. The molecule has 4 aliphatic rings. The minimum Gasteiger partial charge on any atom is -0.390 e. The van der Waals surface area contributed by atoms with Crippen LogP contribution in [0.15, 0.2) is 12.4 Å². The molecule has 5 nitrogen and oxygen atoms in total. The monoisotopic (exact) mass is 455 g/mol. The molecule has 4 fully saturated rings. The number of hydrogen-bond acceptors (Lipinski definition) is 4. The van der Waals surface area contributed by atoms with Crippen molar-refractivity contribution in [1.29, 1.82) is 5.26 Å². The highest BCUT2D eigenvalue weighted by molar-refractivity contribution is 5.82. The van der Waals surface area contributed by atoms with Gasteiger partial charge in [-0.3, -0.25) is 13.9 Å². The van der Waals surface area contributed by atoms with Gasteiger partial charge in [-0.15, -0.1) is 0 Å². The Bertz CT molecular complexity index is 951. The molecule has 0 bridgehead atoms. The SMILES string of the molecule is C[C@@]1(O)CC[C@@]2(CCF)[C@H](CC[C@H]3[C@@H]4CC[C@H](C(=O)Cn5cc(C#N)cn5)[C@@]4(C)CC[C@@H]32)C1. The number of ketones is 1. The van der Waals surface area contributed by atoms with Gasteiger partial charge in [-0.05, 0) is 106 Å². The number of aliphatic hydroxyl groups is 1. The Labute approximate surface area is 196 Å². The fourth-order valence-electron chi connectivity index (χ4n) is 9.21. The lowest BCUT2D eigenvalue weighted by Gasteiger charge is -2.63. The first-order valence-corrected chi connectivity index (χ1v) is 13.0. The normalized spacial score (nSPS) is 44.4. The Morgan fingerprint density at radius 1 is 1.21 bits per heavy atom. The van der Waals surface area contributed by atoms with Gasteiger partial charge in [0.25, 0.3) is 0 Å². The van der Waals surface area contributed by atoms with Crippen LogP contribution in [0.3, 0.4) is 0 Å². The number of alkyl halides is 1. The van der Waals surface area contributed by atoms with E-state index >= 15 is 0 Å². The van der Waals surface area contributed by atoms with Crippen LogP contribution in [0.4, 0.5) is 4.39 Å². The van der Waals surface area contributed by atoms with Crippen LogP contribution >= 0.6 is 0 Å². The first-order valence-electron chi connectivity index (χ1n) is 13.0. The molecule has 1 heterocycles. The first kappa shape index (κ1) is 23.0. The van der Waals surface area contributed by atoms with Crippen LogP contribution in [0, 0.1) is 51.8 Å². The molecule has 1 aromatic heterocycles. The van der Waals surface area contributed by atoms with Crippen molar-refractivity contribution in [1.82, 2.24) is 9.78 Å². The molecule has 180 valence electrons. The topological polar surface area (TPSA) is 78.9 Å². The van der Waals surface area contributed by atoms with Crippen LogP contribution in [-0.2, 0) is 11.3 Å². The van der Waals surface area contributed by atoms with Gasteiger partial charge in [-0.25, -0.2) is 0 Å². The molecular weight excluding hydrogens is 417 g/mol. The Balaban J connectivity index is 1.36. The molecule has 4 saturated carbocycles. The number of nitrogens with zero attached hydrogens (tertiary/aromatic N) is 3. The van der Waals surface area contributed by atoms with E-state index in [1.807, 2.05) is 6.92 Å². The largest absolute Gasteiger partial charge is 0.390 e. The van der Waals surface area contributed by atoms with E-state index < -0.39 is 5.60 Å². The fraction of sp³-hybridized carbons (Fsp3) is 0.815. The first-order chi connectivity index (χ1) is 15.7. The fourth-order valence-corrected chi connectivity index (χ4v) is 9.21. The van der Waals surface area contributed by atoms with Crippen LogP contribution in [0.5, 0.6) is 0 Å². The lowest BCUT2D eigenvalue weighted by Crippen LogP contribution is -2.57. The molecule has 4 aliphatic carbocycles. The molecule has 6 heteroatoms. The van der Waals surface area contributed by atoms with Crippen LogP contribution in [0.1, 0.15) is 83.6 Å². The number of fused-ring (bicyclic) bond motifs is 5. The van der Waals surface area contributed by atoms with Gasteiger partial charge in [-0.1, -0.05) is 6.92 Å². The van der Waals surface area contributed by atoms with E-state index in [4.69, 9.17) is 5.26 Å². The molecule has 1 aromatic rings. The van der Waals surface area contributed by atoms with Gasteiger partial charge in [-0.2, -0.15) is 10.4 Å². The van der Waals surface area contributed by atoms with Gasteiger partial charge in [0.15, 0.2) is 5.78 Å². The molecule has 8 atom stereocenters. The van der Waals surface area contributed by atoms with E-state index in [0.29, 0.717) is 35.7 Å². The van der Waals surface area contributed by atoms with E-state index in [1.54, 1.807) is 10.9 Å². The summed E-state index contributed by atoms with van der Waals surface area (Å²) >= 11 is 0. The quantitative estimate of drug-likeness (QED) is 0.672. The summed E-state index contributed by atoms with van der Waals surface area (Å²) in [5.41, 5.74) is -0.0804. The molecule has 0 amide bonds. The zero-order valence-electron chi connectivity index (χ0n) is 20.1. The molecular formula is C27H38FN3O2. The van der Waals surface area contributed by atoms with Gasteiger partial charge in [0.1, 0.15) is 6.07 Å². The highest BCUT2D eigenvalue weighted by Gasteiger charge is 2.62. The summed E-state index contributed by atoms with van der Waals surface area (Å²) < 4.78 is 15.5. The molecule has 1 N–H and O–H groups in total. The third kappa shape index (κ3) is 3.66. The van der Waals surface area contributed by atoms with Crippen LogP contribution in [0.25, 0.3) is 0 Å². The summed E-state index contributed by atoms with van der Waals surface area (Å²) in [5, 5.41) is 24.0. The van der Waals surface area contributed by atoms with Crippen molar-refractivity contribution in [2.24, 2.45) is 40.4 Å². The molecule has 0 spiro atoms. The number of nitriles is 1. The third-order valence-electron chi connectivity index (χ3n) is 10.7. The summed E-state index contributed by atoms with van der Waals surface area (Å²) in [7, 11) is 0. The number of halogens is 1. The second-order valence-electron chi connectivity index (χ2n) is 12.2. The minimum atomic E-state index is -0.608. The maximum Gasteiger partial charge on any atom is 0.157 e. The standard InChI is InChI=1S/C27H38FN3O2/c1-25(33)9-10-27(11-12-28)19(13-25)3-4-20-21-5-6-23(26(21,2)8-7-22(20)27)24(32)17-31-16-18(14-29)15-30-31/h15-16,19-23,33H,3-13,17H2,1-2H3/t19-,20+,21+,22+,23-,25-,26+,27-/m1/s1. The third-order valence-corrected chi connectivity index (χ3v) is 10.7. The van der Waals surface area contributed by atoms with Gasteiger partial charge in [0.05, 0.1) is 30.6 Å². The van der Waals surface area contributed by atoms with E-state index in [0.717, 1.165) is 57.8 Å². The van der Waals surface area contributed by atoms with Crippen molar-refractivity contribution in [3.05, 3.63) is 18.0 Å². The van der Waals surface area contributed by atoms with Crippen molar-refractivity contribution < 1.29 is 14.3 Å². The predicted octanol–water partition coefficient (Wildman–Crippen LogP) is 5.07. The maximum absolute atomic E-state index is 13.9. The number of carbonyl (C=O) groups is 1. The van der Waals surface area contributed by atoms with Gasteiger partial charge in [0.2, 0.25) is 0 Å². The number of aromatic nitrogens is 2. The molecule has 0 unspecified atom stereocenters. The zero-order chi connectivity index (χ0) is 23.4. The molecule has 33 heavy (non-hydrogen) atoms. The van der Waals surface area contributed by atoms with E-state index in [9.17, 15) is 14.3 Å². The average Bonchev–Trinajstić information content (AvgIpc) is 3.37. The Morgan fingerprint density at radius 3 is 2.76 bits per heavy atom. The van der Waals surface area contributed by atoms with Crippen molar-refractivity contribution in [3.8, 4) is 6.07 Å². The lowest BCUT2D eigenvalue weighted by molar-refractivity contribution is -0.161. The highest BCUT2D eigenvalue weighted by atomic mass is 19.1. The number of rotatable bonds is 5. The maximum atomic E-state index is 13.9. The van der Waals surface area contributed by atoms with Crippen molar-refractivity contribution in [2.75, 3.05) is 6.67 Å². The highest BCUT2D eigenvalue weighted by Crippen LogP contribution is 2.69. The van der Waals surface area contributed by atoms with Crippen LogP contribution < -0.4 is 0 Å². The molecule has 5 rings (SSSR count). The molecule has 0 radical (unpaired) electrons. The summed E-state index contributed by atoms with van der Waals surface area (Å²) in [6, 6.07) is 2.08. The number of hydrogen-bond donors (Lipinski definition) is 1. The van der Waals surface area contributed by atoms with Gasteiger partial charge < -0.3 is 5.11 Å². The minimum absolute atomic E-state index is 0.00730. The number of carbonyl (C=O) groups excluding carboxylic acids is 1. The summed E-state index contributed by atoms with van der Waals surface area (Å²) in [6.07, 6.45) is 12.7. The van der Waals surface area contributed by atoms with Crippen LogP contribution in [-0.4, -0.2) is 32.9 Å². The Hall–Kier alpha value is -1.74. The van der Waals surface area contributed by atoms with E-state index in [-0.39, 0.29) is 35.8 Å².